The van der Waals surface area contributed by atoms with Gasteiger partial charge in [-0.05, 0) is 18.6 Å². The number of nitrogens with zero attached hydrogens (tertiary/aromatic N) is 1. The summed E-state index contributed by atoms with van der Waals surface area (Å²) in [7, 11) is 1.82. The Kier molecular flexibility index (Phi) is 2.40. The number of pyridine rings is 1. The van der Waals surface area contributed by atoms with E-state index in [1.165, 1.54) is 0 Å². The molecule has 0 amide bonds. The van der Waals surface area contributed by atoms with Gasteiger partial charge in [-0.3, -0.25) is 4.98 Å². The van der Waals surface area contributed by atoms with E-state index in [9.17, 15) is 0 Å². The normalized spacial score (nSPS) is 10.6. The van der Waals surface area contributed by atoms with Crippen LogP contribution < -0.4 is 11.1 Å². The molecule has 3 nitrogen and oxygen atoms in total. The summed E-state index contributed by atoms with van der Waals surface area (Å²) < 4.78 is 0. The number of aromatic nitrogens is 1. The molecule has 0 saturated carbocycles. The Balaban J connectivity index is 2.96. The minimum absolute atomic E-state index is 0.609. The zero-order valence-electron chi connectivity index (χ0n) is 8.63. The molecule has 2 aromatic rings. The molecule has 0 unspecified atom stereocenters. The van der Waals surface area contributed by atoms with Crippen molar-refractivity contribution in [2.24, 2.45) is 0 Å². The Bertz CT molecular complexity index is 523. The van der Waals surface area contributed by atoms with Crippen molar-refractivity contribution in [2.45, 2.75) is 6.92 Å². The molecule has 3 N–H and O–H groups in total. The molecule has 0 aliphatic rings. The predicted molar refractivity (Wildman–Crippen MR) is 65.4 cm³/mol. The van der Waals surface area contributed by atoms with Crippen LogP contribution in [0.3, 0.4) is 0 Å². The number of halogens is 1. The number of nitrogens with two attached hydrogens (primary N) is 1. The van der Waals surface area contributed by atoms with Crippen molar-refractivity contribution in [3.8, 4) is 0 Å². The van der Waals surface area contributed by atoms with Crippen LogP contribution in [0.5, 0.6) is 0 Å². The van der Waals surface area contributed by atoms with Gasteiger partial charge in [-0.15, -0.1) is 0 Å². The number of fused-ring (bicyclic) bond motifs is 1. The van der Waals surface area contributed by atoms with Crippen LogP contribution in [0.25, 0.3) is 10.9 Å². The quantitative estimate of drug-likeness (QED) is 0.779. The van der Waals surface area contributed by atoms with E-state index in [1.807, 2.05) is 26.1 Å². The van der Waals surface area contributed by atoms with Gasteiger partial charge in [-0.1, -0.05) is 17.7 Å². The molecule has 0 fully saturated rings. The number of nitrogens with one attached hydrogen (secondary N) is 1. The summed E-state index contributed by atoms with van der Waals surface area (Å²) in [4.78, 5) is 4.30. The zero-order valence-corrected chi connectivity index (χ0v) is 9.39. The number of aryl methyl sites for hydroxylation is 1. The molecule has 0 aliphatic heterocycles. The van der Waals surface area contributed by atoms with Crippen molar-refractivity contribution in [2.75, 3.05) is 18.1 Å². The fourth-order valence-electron chi connectivity index (χ4n) is 1.69. The average molecular weight is 222 g/mol. The number of hydrogen-bond donors (Lipinski definition) is 2. The van der Waals surface area contributed by atoms with Crippen molar-refractivity contribution in [1.82, 2.24) is 4.98 Å². The summed E-state index contributed by atoms with van der Waals surface area (Å²) in [5, 5.41) is 4.61. The van der Waals surface area contributed by atoms with Gasteiger partial charge in [0.2, 0.25) is 0 Å². The largest absolute Gasteiger partial charge is 0.396 e. The summed E-state index contributed by atoms with van der Waals surface area (Å²) in [6.07, 6.45) is 1.65. The Labute approximate surface area is 93.3 Å². The molecule has 1 aromatic heterocycles. The van der Waals surface area contributed by atoms with Crippen LogP contribution >= 0.6 is 11.6 Å². The van der Waals surface area contributed by atoms with Crippen molar-refractivity contribution in [1.29, 1.82) is 0 Å². The first kappa shape index (κ1) is 10.1. The maximum Gasteiger partial charge on any atom is 0.0768 e. The molecule has 0 aliphatic carbocycles. The molecule has 15 heavy (non-hydrogen) atoms. The Hall–Kier alpha value is -1.48. The van der Waals surface area contributed by atoms with Crippen LogP contribution in [0.1, 0.15) is 5.56 Å². The predicted octanol–water partition coefficient (Wildman–Crippen LogP) is 2.82. The van der Waals surface area contributed by atoms with Gasteiger partial charge in [0.25, 0.3) is 0 Å². The first-order valence-electron chi connectivity index (χ1n) is 4.66. The molecule has 0 radical (unpaired) electrons. The van der Waals surface area contributed by atoms with Gasteiger partial charge in [-0.2, -0.15) is 0 Å². The van der Waals surface area contributed by atoms with Crippen molar-refractivity contribution in [3.05, 3.63) is 28.9 Å². The molecule has 2 rings (SSSR count). The van der Waals surface area contributed by atoms with E-state index in [2.05, 4.69) is 10.3 Å². The lowest BCUT2D eigenvalue weighted by Crippen LogP contribution is -1.99. The number of rotatable bonds is 1. The van der Waals surface area contributed by atoms with Crippen LogP contribution in [0.15, 0.2) is 18.3 Å². The fourth-order valence-corrected chi connectivity index (χ4v) is 1.93. The Morgan fingerprint density at radius 3 is 2.80 bits per heavy atom. The molecule has 0 spiro atoms. The van der Waals surface area contributed by atoms with Crippen molar-refractivity contribution >= 4 is 33.9 Å². The lowest BCUT2D eigenvalue weighted by atomic mass is 10.1. The third-order valence-corrected chi connectivity index (χ3v) is 2.77. The Morgan fingerprint density at radius 1 is 1.40 bits per heavy atom. The molecular formula is C11H12ClN3. The standard InChI is InChI=1S/C11H12ClN3/c1-6-3-4-7(12)9-10(6)15-5-8(13)11(9)14-2/h3-5H,13H2,1-2H3,(H,14,15). The lowest BCUT2D eigenvalue weighted by molar-refractivity contribution is 1.36. The summed E-state index contributed by atoms with van der Waals surface area (Å²) in [6, 6.07) is 3.81. The number of nitrogen functional groups attached to an aromatic ring is 1. The van der Waals surface area contributed by atoms with Gasteiger partial charge >= 0.3 is 0 Å². The lowest BCUT2D eigenvalue weighted by Gasteiger charge is -2.11. The van der Waals surface area contributed by atoms with E-state index in [4.69, 9.17) is 17.3 Å². The van der Waals surface area contributed by atoms with Gasteiger partial charge < -0.3 is 11.1 Å². The minimum Gasteiger partial charge on any atom is -0.396 e. The molecule has 4 heteroatoms. The SMILES string of the molecule is CNc1c(N)cnc2c(C)ccc(Cl)c12. The smallest absolute Gasteiger partial charge is 0.0768 e. The maximum absolute atomic E-state index is 6.15. The first-order chi connectivity index (χ1) is 7.15. The van der Waals surface area contributed by atoms with E-state index < -0.39 is 0 Å². The molecule has 0 bridgehead atoms. The second-order valence-corrected chi connectivity index (χ2v) is 3.83. The highest BCUT2D eigenvalue weighted by molar-refractivity contribution is 6.36. The van der Waals surface area contributed by atoms with Crippen LogP contribution in [0, 0.1) is 6.92 Å². The van der Waals surface area contributed by atoms with Gasteiger partial charge in [0.1, 0.15) is 0 Å². The highest BCUT2D eigenvalue weighted by atomic mass is 35.5. The molecule has 1 aromatic carbocycles. The third kappa shape index (κ3) is 1.49. The molecule has 0 saturated heterocycles. The molecular weight excluding hydrogens is 210 g/mol. The van der Waals surface area contributed by atoms with E-state index >= 15 is 0 Å². The van der Waals surface area contributed by atoms with Gasteiger partial charge in [-0.25, -0.2) is 0 Å². The molecule has 0 atom stereocenters. The highest BCUT2D eigenvalue weighted by Gasteiger charge is 2.10. The van der Waals surface area contributed by atoms with Gasteiger partial charge in [0.05, 0.1) is 28.1 Å². The third-order valence-electron chi connectivity index (χ3n) is 2.45. The highest BCUT2D eigenvalue weighted by Crippen LogP contribution is 2.34. The summed E-state index contributed by atoms with van der Waals surface area (Å²) >= 11 is 6.15. The summed E-state index contributed by atoms with van der Waals surface area (Å²) in [5.41, 5.74) is 9.26. The van der Waals surface area contributed by atoms with Crippen molar-refractivity contribution < 1.29 is 0 Å². The average Bonchev–Trinajstić information content (AvgIpc) is 2.23. The maximum atomic E-state index is 6.15. The fraction of sp³-hybridized carbons (Fsp3) is 0.182. The summed E-state index contributed by atoms with van der Waals surface area (Å²) in [6.45, 7) is 2.00. The van der Waals surface area contributed by atoms with E-state index in [1.54, 1.807) is 6.20 Å². The van der Waals surface area contributed by atoms with Crippen molar-refractivity contribution in [3.63, 3.8) is 0 Å². The Morgan fingerprint density at radius 2 is 2.13 bits per heavy atom. The number of hydrogen-bond acceptors (Lipinski definition) is 3. The monoisotopic (exact) mass is 221 g/mol. The van der Waals surface area contributed by atoms with Gasteiger partial charge in [0, 0.05) is 12.4 Å². The van der Waals surface area contributed by atoms with Crippen LogP contribution in [0.4, 0.5) is 11.4 Å². The van der Waals surface area contributed by atoms with E-state index in [0.29, 0.717) is 10.7 Å². The number of benzene rings is 1. The molecule has 1 heterocycles. The first-order valence-corrected chi connectivity index (χ1v) is 5.04. The van der Waals surface area contributed by atoms with E-state index in [-0.39, 0.29) is 0 Å². The second kappa shape index (κ2) is 3.59. The second-order valence-electron chi connectivity index (χ2n) is 3.43. The molecule has 78 valence electrons. The minimum atomic E-state index is 0.609. The van der Waals surface area contributed by atoms with E-state index in [0.717, 1.165) is 22.2 Å². The van der Waals surface area contributed by atoms with Crippen LogP contribution in [-0.4, -0.2) is 12.0 Å². The number of anilines is 2. The van der Waals surface area contributed by atoms with Crippen LogP contribution in [0.2, 0.25) is 5.02 Å². The van der Waals surface area contributed by atoms with Gasteiger partial charge in [0.15, 0.2) is 0 Å². The summed E-state index contributed by atoms with van der Waals surface area (Å²) in [5.74, 6) is 0. The zero-order chi connectivity index (χ0) is 11.0. The topological polar surface area (TPSA) is 50.9 Å². The van der Waals surface area contributed by atoms with Crippen LogP contribution in [-0.2, 0) is 0 Å².